The predicted molar refractivity (Wildman–Crippen MR) is 56.8 cm³/mol. The van der Waals surface area contributed by atoms with Crippen LogP contribution in [0.2, 0.25) is 0 Å². The summed E-state index contributed by atoms with van der Waals surface area (Å²) in [5.74, 6) is 0. The molecule has 0 bridgehead atoms. The molecule has 0 saturated heterocycles. The topological polar surface area (TPSA) is 22.0 Å². The van der Waals surface area contributed by atoms with E-state index in [2.05, 4.69) is 0 Å². The number of hydrogen-bond donors (Lipinski definition) is 0. The Labute approximate surface area is 95.1 Å². The van der Waals surface area contributed by atoms with Crippen molar-refractivity contribution in [3.05, 3.63) is 64.4 Å². The molecule has 0 aliphatic carbocycles. The van der Waals surface area contributed by atoms with Gasteiger partial charge in [0.1, 0.15) is 0 Å². The third kappa shape index (κ3) is 1.59. The summed E-state index contributed by atoms with van der Waals surface area (Å²) in [6, 6.07) is -2.93. The van der Waals surface area contributed by atoms with Gasteiger partial charge in [-0.2, -0.15) is 0 Å². The summed E-state index contributed by atoms with van der Waals surface area (Å²) in [7, 11) is 0. The van der Waals surface area contributed by atoms with Gasteiger partial charge < -0.3 is 0 Å². The number of para-hydroxylation sites is 1. The van der Waals surface area contributed by atoms with E-state index in [9.17, 15) is 4.79 Å². The van der Waals surface area contributed by atoms with Crippen LogP contribution in [0.5, 0.6) is 0 Å². The normalized spacial score (nSPS) is 20.1. The first-order valence-electron chi connectivity index (χ1n) is 8.28. The van der Waals surface area contributed by atoms with Gasteiger partial charge in [-0.15, -0.1) is 0 Å². The molecule has 0 atom stereocenters. The largest absolute Gasteiger partial charge is 0.284 e. The third-order valence-electron chi connectivity index (χ3n) is 1.57. The molecule has 0 spiro atoms. The van der Waals surface area contributed by atoms with E-state index in [1.54, 1.807) is 0 Å². The zero-order chi connectivity index (χ0) is 17.7. The van der Waals surface area contributed by atoms with E-state index >= 15 is 0 Å². The Morgan fingerprint density at radius 3 is 2.79 bits per heavy atom. The SMILES string of the molecule is [2H]c1cc(=O)n(-c2c([2H])c([2H])c([2H])c([2H])c2[2H])cc1C([2H])([2H])[2H]. The summed E-state index contributed by atoms with van der Waals surface area (Å²) in [5, 5.41) is 0. The van der Waals surface area contributed by atoms with Crippen molar-refractivity contribution in [1.29, 1.82) is 0 Å². The Bertz CT molecular complexity index is 824. The van der Waals surface area contributed by atoms with E-state index in [-0.39, 0.29) is 0 Å². The van der Waals surface area contributed by atoms with Gasteiger partial charge in [0.05, 0.1) is 8.22 Å². The van der Waals surface area contributed by atoms with Crippen LogP contribution in [0.25, 0.3) is 5.69 Å². The molecule has 0 amide bonds. The summed E-state index contributed by atoms with van der Waals surface area (Å²) in [4.78, 5) is 12.1. The molecule has 0 aliphatic rings. The molecule has 2 nitrogen and oxygen atoms in total. The molecular weight excluding hydrogens is 174 g/mol. The van der Waals surface area contributed by atoms with E-state index in [4.69, 9.17) is 12.3 Å². The van der Waals surface area contributed by atoms with Crippen LogP contribution in [0.15, 0.2) is 53.3 Å². The standard InChI is InChI=1S/C12H11NO/c1-10-7-8-12(14)13(9-10)11-5-3-2-4-6-11/h2-9H,1H3/i1D3,2D,3D,4D,5D,6D,7D. The first kappa shape index (κ1) is 3.09. The summed E-state index contributed by atoms with van der Waals surface area (Å²) >= 11 is 0. The maximum absolute atomic E-state index is 12.1. The lowest BCUT2D eigenvalue weighted by Gasteiger charge is -2.05. The lowest BCUT2D eigenvalue weighted by molar-refractivity contribution is 0.976. The van der Waals surface area contributed by atoms with Gasteiger partial charge in [-0.05, 0) is 24.5 Å². The molecule has 0 saturated carbocycles. The Morgan fingerprint density at radius 1 is 1.29 bits per heavy atom. The first-order valence-corrected chi connectivity index (χ1v) is 3.78. The van der Waals surface area contributed by atoms with Crippen molar-refractivity contribution in [1.82, 2.24) is 4.57 Å². The van der Waals surface area contributed by atoms with E-state index in [0.717, 1.165) is 12.3 Å². The Hall–Kier alpha value is -1.83. The third-order valence-corrected chi connectivity index (χ3v) is 1.57. The second-order valence-corrected chi connectivity index (χ2v) is 2.51. The Kier molecular flexibility index (Phi) is 0.772. The molecule has 70 valence electrons. The summed E-state index contributed by atoms with van der Waals surface area (Å²) in [6.45, 7) is -2.68. The molecule has 0 N–H and O–H groups in total. The maximum Gasteiger partial charge on any atom is 0.255 e. The van der Waals surface area contributed by atoms with Crippen LogP contribution in [0.3, 0.4) is 0 Å². The lowest BCUT2D eigenvalue weighted by atomic mass is 10.3. The van der Waals surface area contributed by atoms with Crippen LogP contribution < -0.4 is 5.56 Å². The number of aromatic nitrogens is 1. The molecule has 0 fully saturated rings. The number of nitrogens with zero attached hydrogens (tertiary/aromatic N) is 1. The second-order valence-electron chi connectivity index (χ2n) is 2.51. The maximum atomic E-state index is 12.1. The molecule has 2 heteroatoms. The molecule has 0 radical (unpaired) electrons. The fourth-order valence-corrected chi connectivity index (χ4v) is 0.978. The molecule has 14 heavy (non-hydrogen) atoms. The minimum Gasteiger partial charge on any atom is -0.284 e. The van der Waals surface area contributed by atoms with Crippen molar-refractivity contribution in [2.75, 3.05) is 0 Å². The highest BCUT2D eigenvalue weighted by molar-refractivity contribution is 5.32. The quantitative estimate of drug-likeness (QED) is 0.681. The van der Waals surface area contributed by atoms with Crippen molar-refractivity contribution in [3.8, 4) is 5.69 Å². The summed E-state index contributed by atoms with van der Waals surface area (Å²) < 4.78 is 68.7. The molecule has 2 aromatic rings. The van der Waals surface area contributed by atoms with Gasteiger partial charge in [-0.3, -0.25) is 9.36 Å². The fraction of sp³-hybridized carbons (Fsp3) is 0.0833. The molecule has 1 aromatic heterocycles. The van der Waals surface area contributed by atoms with Gasteiger partial charge >= 0.3 is 0 Å². The van der Waals surface area contributed by atoms with Gasteiger partial charge in [0.25, 0.3) is 5.56 Å². The van der Waals surface area contributed by atoms with Crippen molar-refractivity contribution in [2.24, 2.45) is 0 Å². The van der Waals surface area contributed by atoms with Gasteiger partial charge in [0.15, 0.2) is 0 Å². The van der Waals surface area contributed by atoms with Crippen molar-refractivity contribution < 1.29 is 12.3 Å². The zero-order valence-corrected chi connectivity index (χ0v) is 7.01. The highest BCUT2D eigenvalue weighted by Gasteiger charge is 1.97. The summed E-state index contributed by atoms with van der Waals surface area (Å²) in [6.07, 6.45) is 0.825. The van der Waals surface area contributed by atoms with E-state index in [0.29, 0.717) is 4.57 Å². The van der Waals surface area contributed by atoms with Crippen molar-refractivity contribution in [2.45, 2.75) is 6.85 Å². The van der Waals surface area contributed by atoms with E-state index in [1.807, 2.05) is 0 Å². The van der Waals surface area contributed by atoms with Crippen LogP contribution in [-0.4, -0.2) is 4.57 Å². The molecule has 2 rings (SSSR count). The molecule has 0 unspecified atom stereocenters. The van der Waals surface area contributed by atoms with Crippen molar-refractivity contribution >= 4 is 0 Å². The van der Waals surface area contributed by atoms with Gasteiger partial charge in [-0.25, -0.2) is 0 Å². The molecular formula is C12H11NO. The van der Waals surface area contributed by atoms with Crippen LogP contribution >= 0.6 is 0 Å². The van der Waals surface area contributed by atoms with Crippen LogP contribution in [0.4, 0.5) is 0 Å². The van der Waals surface area contributed by atoms with Gasteiger partial charge in [0.2, 0.25) is 0 Å². The number of rotatable bonds is 1. The highest BCUT2D eigenvalue weighted by Crippen LogP contribution is 2.04. The van der Waals surface area contributed by atoms with Crippen LogP contribution in [-0.2, 0) is 0 Å². The highest BCUT2D eigenvalue weighted by atomic mass is 16.1. The molecule has 0 aliphatic heterocycles. The van der Waals surface area contributed by atoms with Gasteiger partial charge in [0, 0.05) is 22.1 Å². The van der Waals surface area contributed by atoms with Crippen molar-refractivity contribution in [3.63, 3.8) is 0 Å². The molecule has 1 heterocycles. The van der Waals surface area contributed by atoms with E-state index < -0.39 is 59.9 Å². The van der Waals surface area contributed by atoms with Gasteiger partial charge in [-0.1, -0.05) is 24.2 Å². The minimum atomic E-state index is -2.68. The summed E-state index contributed by atoms with van der Waals surface area (Å²) in [5.41, 5.74) is -1.77. The number of aryl methyl sites for hydroxylation is 1. The number of hydrogen-bond acceptors (Lipinski definition) is 1. The van der Waals surface area contributed by atoms with E-state index in [1.165, 1.54) is 0 Å². The smallest absolute Gasteiger partial charge is 0.255 e. The Morgan fingerprint density at radius 2 is 2.07 bits per heavy atom. The Balaban J connectivity index is 2.92. The minimum absolute atomic E-state index is 0.452. The average Bonchev–Trinajstić information content (AvgIpc) is 2.44. The molecule has 1 aromatic carbocycles. The number of benzene rings is 1. The van der Waals surface area contributed by atoms with Crippen LogP contribution in [0.1, 0.15) is 17.9 Å². The first-order chi connectivity index (χ1) is 10.5. The monoisotopic (exact) mass is 194 g/mol. The zero-order valence-electron chi connectivity index (χ0n) is 16.0. The fourth-order valence-electron chi connectivity index (χ4n) is 0.978. The number of pyridine rings is 1. The second kappa shape index (κ2) is 3.50. The predicted octanol–water partition coefficient (Wildman–Crippen LogP) is 2.15. The lowest BCUT2D eigenvalue weighted by Crippen LogP contribution is -2.16. The van der Waals surface area contributed by atoms with Crippen LogP contribution in [0, 0.1) is 6.85 Å². The average molecular weight is 194 g/mol.